The highest BCUT2D eigenvalue weighted by Gasteiger charge is 2.42. The number of benzene rings is 8. The topological polar surface area (TPSA) is 16.4 Å². The molecule has 1 aliphatic rings. The molecule has 8 aromatic carbocycles. The molecule has 0 atom stereocenters. The van der Waals surface area contributed by atoms with Gasteiger partial charge in [0.2, 0.25) is 0 Å². The maximum Gasteiger partial charge on any atom is 0.159 e. The van der Waals surface area contributed by atoms with Crippen LogP contribution in [0.5, 0.6) is 0 Å². The Morgan fingerprint density at radius 3 is 1.57 bits per heavy atom. The first-order valence-electron chi connectivity index (χ1n) is 18.4. The van der Waals surface area contributed by atoms with Crippen molar-refractivity contribution < 1.29 is 4.42 Å². The Morgan fingerprint density at radius 1 is 0.444 bits per heavy atom. The highest BCUT2D eigenvalue weighted by atomic mass is 32.1. The van der Waals surface area contributed by atoms with Crippen molar-refractivity contribution in [2.24, 2.45) is 0 Å². The summed E-state index contributed by atoms with van der Waals surface area (Å²) in [4.78, 5) is 2.40. The molecule has 0 fully saturated rings. The molecule has 0 saturated heterocycles. The van der Waals surface area contributed by atoms with Crippen LogP contribution < -0.4 is 4.90 Å². The van der Waals surface area contributed by atoms with Crippen molar-refractivity contribution in [2.75, 3.05) is 4.90 Å². The van der Waals surface area contributed by atoms with E-state index in [0.29, 0.717) is 0 Å². The molecule has 3 aromatic heterocycles. The third-order valence-corrected chi connectivity index (χ3v) is 14.0. The Morgan fingerprint density at radius 2 is 0.944 bits per heavy atom. The summed E-state index contributed by atoms with van der Waals surface area (Å²) in [5.74, 6) is 0. The van der Waals surface area contributed by atoms with Crippen LogP contribution in [0.3, 0.4) is 0 Å². The highest BCUT2D eigenvalue weighted by Crippen LogP contribution is 2.55. The Balaban J connectivity index is 1.12. The maximum absolute atomic E-state index is 7.06. The summed E-state index contributed by atoms with van der Waals surface area (Å²) in [7, 11) is 0. The Bertz CT molecular complexity index is 3170. The number of hydrogen-bond acceptors (Lipinski definition) is 4. The summed E-state index contributed by atoms with van der Waals surface area (Å²) in [6, 6.07) is 62.4. The Labute approximate surface area is 319 Å². The van der Waals surface area contributed by atoms with Crippen molar-refractivity contribution in [1.82, 2.24) is 0 Å². The van der Waals surface area contributed by atoms with E-state index in [4.69, 9.17) is 4.42 Å². The number of hydrogen-bond donors (Lipinski definition) is 0. The quantitative estimate of drug-likeness (QED) is 0.180. The Kier molecular flexibility index (Phi) is 6.26. The summed E-state index contributed by atoms with van der Waals surface area (Å²) in [6.07, 6.45) is 0. The molecule has 0 N–H and O–H groups in total. The van der Waals surface area contributed by atoms with Gasteiger partial charge < -0.3 is 9.32 Å². The first kappa shape index (κ1) is 30.3. The molecule has 12 rings (SSSR count). The van der Waals surface area contributed by atoms with Crippen molar-refractivity contribution in [3.8, 4) is 11.1 Å². The monoisotopic (exact) mass is 725 g/mol. The molecular weight excluding hydrogens is 695 g/mol. The van der Waals surface area contributed by atoms with E-state index in [0.717, 1.165) is 33.6 Å². The number of anilines is 3. The third-order valence-electron chi connectivity index (χ3n) is 11.7. The minimum Gasteiger partial charge on any atom is -0.454 e. The lowest BCUT2D eigenvalue weighted by Crippen LogP contribution is -2.22. The van der Waals surface area contributed by atoms with Crippen LogP contribution in [0.1, 0.15) is 23.6 Å². The second kappa shape index (κ2) is 11.2. The molecule has 0 bridgehead atoms. The summed E-state index contributed by atoms with van der Waals surface area (Å²) < 4.78 is 12.2. The SMILES string of the molecule is CC1(c2cccc3oc4c(N(c5ccc6c(c5)sc5ccccc56)c5ccc6c(c5)sc5ccccc56)cccc4c23)c2ccccc2-c2ccccc21. The lowest BCUT2D eigenvalue weighted by atomic mass is 9.73. The van der Waals surface area contributed by atoms with E-state index >= 15 is 0 Å². The number of para-hydroxylation sites is 1. The molecule has 254 valence electrons. The second-order valence-electron chi connectivity index (χ2n) is 14.5. The molecule has 11 aromatic rings. The molecule has 0 saturated carbocycles. The van der Waals surface area contributed by atoms with Gasteiger partial charge in [0, 0.05) is 67.9 Å². The normalized spacial score (nSPS) is 13.4. The zero-order valence-corrected chi connectivity index (χ0v) is 31.0. The highest BCUT2D eigenvalue weighted by molar-refractivity contribution is 7.26. The van der Waals surface area contributed by atoms with Crippen LogP contribution in [-0.2, 0) is 5.41 Å². The van der Waals surface area contributed by atoms with Crippen LogP contribution in [0, 0.1) is 0 Å². The van der Waals surface area contributed by atoms with Gasteiger partial charge in [-0.2, -0.15) is 0 Å². The average Bonchev–Trinajstić information content (AvgIpc) is 3.97. The third kappa shape index (κ3) is 4.10. The van der Waals surface area contributed by atoms with E-state index in [1.807, 2.05) is 22.7 Å². The van der Waals surface area contributed by atoms with Gasteiger partial charge in [-0.3, -0.25) is 0 Å². The summed E-state index contributed by atoms with van der Waals surface area (Å²) in [5.41, 5.74) is 11.2. The lowest BCUT2D eigenvalue weighted by Gasteiger charge is -2.29. The van der Waals surface area contributed by atoms with Crippen LogP contribution >= 0.6 is 22.7 Å². The molecule has 0 unspecified atom stereocenters. The van der Waals surface area contributed by atoms with Crippen molar-refractivity contribution in [3.05, 3.63) is 187 Å². The zero-order valence-electron chi connectivity index (χ0n) is 29.3. The molecule has 2 nitrogen and oxygen atoms in total. The number of rotatable bonds is 4. The smallest absolute Gasteiger partial charge is 0.159 e. The van der Waals surface area contributed by atoms with Gasteiger partial charge in [-0.25, -0.2) is 0 Å². The van der Waals surface area contributed by atoms with Crippen molar-refractivity contribution >= 4 is 102 Å². The summed E-state index contributed by atoms with van der Waals surface area (Å²) >= 11 is 3.71. The average molecular weight is 726 g/mol. The molecule has 0 aliphatic heterocycles. The van der Waals surface area contributed by atoms with Gasteiger partial charge in [0.25, 0.3) is 0 Å². The van der Waals surface area contributed by atoms with Gasteiger partial charge in [-0.15, -0.1) is 22.7 Å². The van der Waals surface area contributed by atoms with E-state index in [1.165, 1.54) is 73.5 Å². The van der Waals surface area contributed by atoms with Crippen LogP contribution in [0.4, 0.5) is 17.1 Å². The van der Waals surface area contributed by atoms with Gasteiger partial charge in [-0.1, -0.05) is 121 Å². The summed E-state index contributed by atoms with van der Waals surface area (Å²) in [5, 5.41) is 7.48. The first-order chi connectivity index (χ1) is 26.6. The predicted octanol–water partition coefficient (Wildman–Crippen LogP) is 15.1. The number of fused-ring (bicyclic) bond motifs is 12. The van der Waals surface area contributed by atoms with Crippen molar-refractivity contribution in [1.29, 1.82) is 0 Å². The Hall–Kier alpha value is -6.20. The van der Waals surface area contributed by atoms with Crippen molar-refractivity contribution in [2.45, 2.75) is 12.3 Å². The molecular formula is C50H31NOS2. The molecule has 0 amide bonds. The van der Waals surface area contributed by atoms with E-state index in [9.17, 15) is 0 Å². The first-order valence-corrected chi connectivity index (χ1v) is 20.1. The van der Waals surface area contributed by atoms with E-state index < -0.39 is 0 Å². The van der Waals surface area contributed by atoms with Gasteiger partial charge in [-0.05, 0) is 83.3 Å². The van der Waals surface area contributed by atoms with Gasteiger partial charge in [0.15, 0.2) is 5.58 Å². The number of thiophene rings is 2. The lowest BCUT2D eigenvalue weighted by molar-refractivity contribution is 0.666. The standard InChI is InChI=1S/C50H31NOS2/c1-50(39-17-6-2-12-32(39)33-13-3-7-18-40(33)50)41-19-11-21-43-48(41)38-16-10-20-42(49(38)52-43)51(30-24-26-36-34-14-4-8-22-44(34)53-46(36)28-30)31-25-27-37-35-15-5-9-23-45(35)54-47(37)29-31/h2-29H,1H3. The molecule has 54 heavy (non-hydrogen) atoms. The minimum absolute atomic E-state index is 0.350. The molecule has 0 spiro atoms. The van der Waals surface area contributed by atoms with E-state index in [-0.39, 0.29) is 5.41 Å². The predicted molar refractivity (Wildman–Crippen MR) is 232 cm³/mol. The largest absolute Gasteiger partial charge is 0.454 e. The van der Waals surface area contributed by atoms with E-state index in [2.05, 4.69) is 182 Å². The molecule has 3 heterocycles. The van der Waals surface area contributed by atoms with Gasteiger partial charge >= 0.3 is 0 Å². The fourth-order valence-corrected chi connectivity index (χ4v) is 11.6. The molecule has 1 aliphatic carbocycles. The van der Waals surface area contributed by atoms with Crippen LogP contribution in [0.2, 0.25) is 0 Å². The van der Waals surface area contributed by atoms with E-state index in [1.54, 1.807) is 0 Å². The second-order valence-corrected chi connectivity index (χ2v) is 16.7. The molecule has 4 heteroatoms. The number of nitrogens with zero attached hydrogens (tertiary/aromatic N) is 1. The minimum atomic E-state index is -0.350. The zero-order chi connectivity index (χ0) is 35.5. The fourth-order valence-electron chi connectivity index (χ4n) is 9.30. The summed E-state index contributed by atoms with van der Waals surface area (Å²) in [6.45, 7) is 2.39. The number of furan rings is 1. The van der Waals surface area contributed by atoms with Crippen molar-refractivity contribution in [3.63, 3.8) is 0 Å². The van der Waals surface area contributed by atoms with Gasteiger partial charge in [0.1, 0.15) is 5.58 Å². The fraction of sp³-hybridized carbons (Fsp3) is 0.0400. The maximum atomic E-state index is 7.06. The molecule has 0 radical (unpaired) electrons. The van der Waals surface area contributed by atoms with Crippen LogP contribution in [0.25, 0.3) is 73.4 Å². The van der Waals surface area contributed by atoms with Crippen LogP contribution in [-0.4, -0.2) is 0 Å². The van der Waals surface area contributed by atoms with Gasteiger partial charge in [0.05, 0.1) is 5.69 Å². The van der Waals surface area contributed by atoms with Crippen LogP contribution in [0.15, 0.2) is 174 Å².